The molecule has 2 aliphatic rings. The molecule has 2 radical (unpaired) electrons. The maximum Gasteiger partial charge on any atom is 0.120 e. The van der Waals surface area contributed by atoms with E-state index in [1.807, 2.05) is 79.0 Å². The van der Waals surface area contributed by atoms with E-state index in [4.69, 9.17) is 28.8 Å². The number of pyridine rings is 4. The van der Waals surface area contributed by atoms with Crippen LogP contribution in [0, 0.1) is 42.0 Å². The third-order valence-electron chi connectivity index (χ3n) is 17.9. The Balaban J connectivity index is 0.000000147. The van der Waals surface area contributed by atoms with Gasteiger partial charge in [0.2, 0.25) is 0 Å². The number of para-hydroxylation sites is 2. The summed E-state index contributed by atoms with van der Waals surface area (Å²) in [4.78, 5) is 18.9. The van der Waals surface area contributed by atoms with E-state index in [1.165, 1.54) is 78.3 Å². The molecular weight excluding hydrogens is 1610 g/mol. The molecular formula is C83H90Ge2Ir2N4O2-4. The fourth-order valence-electron chi connectivity index (χ4n) is 13.5. The van der Waals surface area contributed by atoms with E-state index >= 15 is 0 Å². The number of hydrogen-bond acceptors (Lipinski definition) is 6. The molecule has 0 N–H and O–H groups in total. The molecule has 1 fully saturated rings. The smallest absolute Gasteiger partial charge is 0.120 e. The second-order valence-electron chi connectivity index (χ2n) is 28.4. The molecule has 1 saturated carbocycles. The Morgan fingerprint density at radius 1 is 0.473 bits per heavy atom. The Hall–Kier alpha value is -6.10. The van der Waals surface area contributed by atoms with E-state index < -0.39 is 26.5 Å². The van der Waals surface area contributed by atoms with Gasteiger partial charge < -0.3 is 18.8 Å². The molecule has 93 heavy (non-hydrogen) atoms. The van der Waals surface area contributed by atoms with Gasteiger partial charge in [-0.1, -0.05) is 115 Å². The summed E-state index contributed by atoms with van der Waals surface area (Å²) in [5.74, 6) is 17.3. The fourth-order valence-corrected chi connectivity index (χ4v) is 20.1. The minimum absolute atomic E-state index is 0. The number of furan rings is 2. The van der Waals surface area contributed by atoms with Gasteiger partial charge in [-0.3, -0.25) is 0 Å². The van der Waals surface area contributed by atoms with Crippen LogP contribution >= 0.6 is 0 Å². The monoisotopic (exact) mass is 1710 g/mol. The normalized spacial score (nSPS) is 13.2. The van der Waals surface area contributed by atoms with Crippen molar-refractivity contribution in [3.63, 3.8) is 0 Å². The van der Waals surface area contributed by atoms with Crippen LogP contribution in [0.1, 0.15) is 119 Å². The largest absolute Gasteiger partial charge is 0.501 e. The van der Waals surface area contributed by atoms with Crippen molar-refractivity contribution in [2.24, 2.45) is 17.8 Å². The molecule has 0 amide bonds. The number of benzene rings is 6. The summed E-state index contributed by atoms with van der Waals surface area (Å²) in [5.41, 5.74) is 20.5. The second-order valence-corrected chi connectivity index (χ2v) is 49.5. The van der Waals surface area contributed by atoms with Gasteiger partial charge in [0.05, 0.1) is 11.2 Å². The zero-order valence-corrected chi connectivity index (χ0v) is 65.5. The van der Waals surface area contributed by atoms with Crippen molar-refractivity contribution < 1.29 is 49.0 Å². The summed E-state index contributed by atoms with van der Waals surface area (Å²) in [6.07, 6.45) is 22.0. The van der Waals surface area contributed by atoms with Gasteiger partial charge in [0.15, 0.2) is 0 Å². The SMILES string of the molecule is CC(C)Cc1cc(-c2[c-]cccc2)nc[c]1[Ge]([CH3])([CH3])[CH3].CC(C)Cc1cc(-c2[c-]cccc2)nc[c]1[Ge]([CH3])([CH3])[CH3].CC(C)c1cnc(-c2[c-]ccc3c2oc2ccccc23)cc1CC1CCCC1.[Ir].[Ir].[c-]1ccc2c(oc3ccccc32)c1-c1nccc2c1CCCC2. The third-order valence-corrected chi connectivity index (χ3v) is 26.6. The average Bonchev–Trinajstić information content (AvgIpc) is 1.69. The van der Waals surface area contributed by atoms with E-state index in [0.717, 1.165) is 121 Å². The van der Waals surface area contributed by atoms with E-state index in [9.17, 15) is 0 Å². The van der Waals surface area contributed by atoms with Crippen molar-refractivity contribution in [2.75, 3.05) is 0 Å². The molecule has 12 aromatic rings. The molecule has 6 aromatic heterocycles. The van der Waals surface area contributed by atoms with Gasteiger partial charge in [-0.05, 0) is 84.7 Å². The summed E-state index contributed by atoms with van der Waals surface area (Å²) < 4.78 is 15.5. The molecule has 0 bridgehead atoms. The topological polar surface area (TPSA) is 77.8 Å². The molecule has 2 aliphatic carbocycles. The Bertz CT molecular complexity index is 4310. The number of rotatable bonds is 13. The van der Waals surface area contributed by atoms with Crippen LogP contribution in [0.25, 0.3) is 88.9 Å². The molecule has 0 spiro atoms. The van der Waals surface area contributed by atoms with Gasteiger partial charge in [-0.25, -0.2) is 0 Å². The van der Waals surface area contributed by atoms with Crippen LogP contribution in [0.3, 0.4) is 0 Å². The molecule has 0 atom stereocenters. The second kappa shape index (κ2) is 32.1. The van der Waals surface area contributed by atoms with Crippen molar-refractivity contribution in [2.45, 2.75) is 153 Å². The Kier molecular flexibility index (Phi) is 24.6. The number of fused-ring (bicyclic) bond motifs is 7. The average molecular weight is 1710 g/mol. The zero-order valence-electron chi connectivity index (χ0n) is 56.5. The summed E-state index contributed by atoms with van der Waals surface area (Å²) in [6.45, 7) is 13.7. The summed E-state index contributed by atoms with van der Waals surface area (Å²) >= 11 is -3.72. The maximum absolute atomic E-state index is 6.22. The van der Waals surface area contributed by atoms with Gasteiger partial charge in [0, 0.05) is 63.4 Å². The fraction of sp³-hybridized carbons (Fsp3) is 0.325. The molecule has 14 rings (SSSR count). The van der Waals surface area contributed by atoms with E-state index in [-0.39, 0.29) is 40.2 Å². The van der Waals surface area contributed by atoms with Crippen LogP contribution in [-0.4, -0.2) is 46.5 Å². The Labute approximate surface area is 586 Å². The minimum atomic E-state index is -1.86. The van der Waals surface area contributed by atoms with Crippen LogP contribution in [0.5, 0.6) is 0 Å². The van der Waals surface area contributed by atoms with Gasteiger partial charge >= 0.3 is 251 Å². The number of nitrogens with zero attached hydrogens (tertiary/aromatic N) is 4. The van der Waals surface area contributed by atoms with E-state index in [0.29, 0.717) is 17.8 Å². The number of aromatic nitrogens is 4. The van der Waals surface area contributed by atoms with Crippen molar-refractivity contribution in [3.8, 4) is 45.0 Å². The molecule has 6 nitrogen and oxygen atoms in total. The van der Waals surface area contributed by atoms with E-state index in [1.54, 1.807) is 8.79 Å². The van der Waals surface area contributed by atoms with Gasteiger partial charge in [-0.15, -0.1) is 36.4 Å². The molecule has 10 heteroatoms. The standard InChI is InChI=1S/C26H26NO.C21H16NO.2C18H24GeN.2Ir/c1-17(2)23-16-27-24(15-19(23)14-18-8-3-4-9-18)22-12-7-11-21-20-10-5-6-13-25(20)28-26(21)22;1-2-7-15-14(6-1)12-13-22-20(15)18-10-5-9-17-16-8-3-4-11-19(16)23-21(17)18;2*1-14(2)11-16-12-18(15-9-7-6-8-10-15)20-13-17(16)19(3,4)5;;/h5-7,10-11,13,15-18H,3-4,8-9,14H2,1-2H3;3-5,8-9,11-13H,1-2,6-7H2;2*6-9,12-14H,11H2,1-5H3;;/q4*-1;;. The van der Waals surface area contributed by atoms with Crippen molar-refractivity contribution in [1.29, 1.82) is 0 Å². The third kappa shape index (κ3) is 17.3. The predicted octanol–water partition coefficient (Wildman–Crippen LogP) is 21.2. The van der Waals surface area contributed by atoms with Crippen molar-refractivity contribution in [3.05, 3.63) is 228 Å². The van der Waals surface area contributed by atoms with E-state index in [2.05, 4.69) is 192 Å². The summed E-state index contributed by atoms with van der Waals surface area (Å²) in [5, 5.41) is 4.58. The summed E-state index contributed by atoms with van der Waals surface area (Å²) in [7, 11) is 0. The van der Waals surface area contributed by atoms with Crippen LogP contribution in [-0.2, 0) is 72.3 Å². The zero-order chi connectivity index (χ0) is 63.8. The van der Waals surface area contributed by atoms with Crippen molar-refractivity contribution >= 4 is 79.2 Å². The Morgan fingerprint density at radius 2 is 0.957 bits per heavy atom. The van der Waals surface area contributed by atoms with Crippen LogP contribution < -0.4 is 8.79 Å². The first-order valence-electron chi connectivity index (χ1n) is 33.4. The molecule has 0 unspecified atom stereocenters. The first-order valence-corrected chi connectivity index (χ1v) is 48.1. The van der Waals surface area contributed by atoms with Crippen LogP contribution in [0.15, 0.2) is 179 Å². The van der Waals surface area contributed by atoms with Gasteiger partial charge in [-0.2, -0.15) is 0 Å². The molecule has 484 valence electrons. The number of hydrogen-bond donors (Lipinski definition) is 0. The molecule has 0 saturated heterocycles. The van der Waals surface area contributed by atoms with Gasteiger partial charge in [0.1, 0.15) is 11.2 Å². The molecule has 0 aliphatic heterocycles. The van der Waals surface area contributed by atoms with Crippen LogP contribution in [0.4, 0.5) is 0 Å². The summed E-state index contributed by atoms with van der Waals surface area (Å²) in [6, 6.07) is 63.1. The Morgan fingerprint density at radius 3 is 1.46 bits per heavy atom. The van der Waals surface area contributed by atoms with Crippen LogP contribution in [0.2, 0.25) is 34.5 Å². The van der Waals surface area contributed by atoms with Gasteiger partial charge in [0.25, 0.3) is 0 Å². The molecule has 6 aromatic carbocycles. The first-order chi connectivity index (χ1) is 43.9. The minimum Gasteiger partial charge on any atom is -0.501 e. The maximum atomic E-state index is 6.22. The van der Waals surface area contributed by atoms with Crippen molar-refractivity contribution in [1.82, 2.24) is 19.9 Å². The molecule has 6 heterocycles. The number of aryl methyl sites for hydroxylation is 1. The predicted molar refractivity (Wildman–Crippen MR) is 388 cm³/mol. The quantitative estimate of drug-likeness (QED) is 0.0845. The first kappa shape index (κ1) is 71.2.